The lowest BCUT2D eigenvalue weighted by Crippen LogP contribution is -2.41. The van der Waals surface area contributed by atoms with Gasteiger partial charge in [0.05, 0.1) is 17.4 Å². The van der Waals surface area contributed by atoms with Gasteiger partial charge in [0.15, 0.2) is 4.58 Å². The average Bonchev–Trinajstić information content (AvgIpc) is 2.48. The van der Waals surface area contributed by atoms with Crippen LogP contribution in [-0.2, 0) is 17.8 Å². The summed E-state index contributed by atoms with van der Waals surface area (Å²) in [4.78, 5) is 1.32. The Kier molecular flexibility index (Phi) is 4.74. The highest BCUT2D eigenvalue weighted by atomic mass is 32.3. The fourth-order valence-electron chi connectivity index (χ4n) is 2.91. The molecule has 0 amide bonds. The summed E-state index contributed by atoms with van der Waals surface area (Å²) < 4.78 is 16.0. The molecule has 2 aliphatic rings. The zero-order valence-corrected chi connectivity index (χ0v) is 12.8. The maximum atomic E-state index is 12.5. The van der Waals surface area contributed by atoms with Gasteiger partial charge in [-0.3, -0.25) is 0 Å². The van der Waals surface area contributed by atoms with Crippen molar-refractivity contribution in [1.29, 1.82) is 0 Å². The van der Waals surface area contributed by atoms with Crippen LogP contribution in [0.25, 0.3) is 0 Å². The molecule has 0 aromatic heterocycles. The molecule has 1 aliphatic heterocycles. The Morgan fingerprint density at radius 1 is 1.11 bits per heavy atom. The molecule has 1 aromatic carbocycles. The largest absolute Gasteiger partial charge is 0.597 e. The van der Waals surface area contributed by atoms with Gasteiger partial charge in [-0.15, -0.1) is 4.72 Å². The summed E-state index contributed by atoms with van der Waals surface area (Å²) in [6, 6.07) is 9.00. The molecule has 4 heteroatoms. The third kappa shape index (κ3) is 3.48. The first-order valence-electron chi connectivity index (χ1n) is 7.24. The molecule has 0 bridgehead atoms. The Morgan fingerprint density at radius 2 is 1.89 bits per heavy atom. The van der Waals surface area contributed by atoms with E-state index in [0.717, 1.165) is 12.8 Å². The molecule has 104 valence electrons. The Balaban J connectivity index is 1.58. The second-order valence-electron chi connectivity index (χ2n) is 5.44. The van der Waals surface area contributed by atoms with Crippen LogP contribution >= 0.6 is 11.8 Å². The summed E-state index contributed by atoms with van der Waals surface area (Å²) >= 11 is 0.893. The maximum absolute atomic E-state index is 12.5. The van der Waals surface area contributed by atoms with Gasteiger partial charge in [0.1, 0.15) is 0 Å². The molecule has 1 aliphatic carbocycles. The second kappa shape index (κ2) is 6.53. The molecule has 0 saturated heterocycles. The topological polar surface area (TPSA) is 35.1 Å². The summed E-state index contributed by atoms with van der Waals surface area (Å²) in [6.45, 7) is 0. The number of nitrogens with one attached hydrogen (secondary N) is 1. The number of hydrogen-bond acceptors (Lipinski definition) is 3. The first kappa shape index (κ1) is 13.8. The summed E-state index contributed by atoms with van der Waals surface area (Å²) in [5, 5.41) is 0. The van der Waals surface area contributed by atoms with Gasteiger partial charge in [-0.05, 0) is 30.9 Å². The van der Waals surface area contributed by atoms with Crippen LogP contribution < -0.4 is 4.72 Å². The van der Waals surface area contributed by atoms with E-state index in [2.05, 4.69) is 29.0 Å². The van der Waals surface area contributed by atoms with Crippen molar-refractivity contribution in [2.24, 2.45) is 0 Å². The molecule has 1 heterocycles. The second-order valence-corrected chi connectivity index (χ2v) is 8.39. The van der Waals surface area contributed by atoms with Crippen molar-refractivity contribution in [3.8, 4) is 0 Å². The van der Waals surface area contributed by atoms with E-state index >= 15 is 0 Å². The molecule has 2 atom stereocenters. The van der Waals surface area contributed by atoms with Crippen molar-refractivity contribution in [1.82, 2.24) is 4.72 Å². The van der Waals surface area contributed by atoms with Gasteiger partial charge < -0.3 is 4.55 Å². The van der Waals surface area contributed by atoms with Gasteiger partial charge in [0, 0.05) is 11.3 Å². The van der Waals surface area contributed by atoms with Crippen LogP contribution in [0.1, 0.15) is 44.1 Å². The molecule has 1 N–H and O–H groups in total. The molecule has 1 fully saturated rings. The van der Waals surface area contributed by atoms with E-state index in [1.165, 1.54) is 42.6 Å². The first-order chi connectivity index (χ1) is 9.33. The summed E-state index contributed by atoms with van der Waals surface area (Å²) in [5.41, 5.74) is 1.42. The van der Waals surface area contributed by atoms with E-state index in [-0.39, 0.29) is 4.58 Å². The monoisotopic (exact) mass is 295 g/mol. The van der Waals surface area contributed by atoms with Crippen molar-refractivity contribution in [2.75, 3.05) is 0 Å². The van der Waals surface area contributed by atoms with Crippen molar-refractivity contribution >= 4 is 23.1 Å². The lowest BCUT2D eigenvalue weighted by atomic mass is 9.96. The number of fused-ring (bicyclic) bond motifs is 1. The van der Waals surface area contributed by atoms with Crippen molar-refractivity contribution in [3.05, 3.63) is 29.8 Å². The minimum atomic E-state index is -0.898. The molecule has 2 unspecified atom stereocenters. The normalized spacial score (nSPS) is 25.8. The van der Waals surface area contributed by atoms with Crippen molar-refractivity contribution < 1.29 is 4.55 Å². The molecule has 19 heavy (non-hydrogen) atoms. The first-order valence-corrected chi connectivity index (χ1v) is 9.33. The van der Waals surface area contributed by atoms with Crippen LogP contribution in [0.5, 0.6) is 0 Å². The van der Waals surface area contributed by atoms with Gasteiger partial charge in [-0.1, -0.05) is 49.2 Å². The Morgan fingerprint density at radius 3 is 2.74 bits per heavy atom. The van der Waals surface area contributed by atoms with Crippen LogP contribution in [0.4, 0.5) is 0 Å². The van der Waals surface area contributed by atoms with Crippen molar-refractivity contribution in [2.45, 2.75) is 60.5 Å². The fraction of sp³-hybridized carbons (Fsp3) is 0.600. The fourth-order valence-corrected chi connectivity index (χ4v) is 5.78. The number of benzene rings is 1. The minimum Gasteiger partial charge on any atom is -0.597 e. The Bertz CT molecular complexity index is 420. The average molecular weight is 295 g/mol. The number of hydrogen-bond donors (Lipinski definition) is 1. The van der Waals surface area contributed by atoms with E-state index in [1.54, 1.807) is 11.8 Å². The Hall–Kier alpha value is -0.160. The molecule has 0 radical (unpaired) electrons. The minimum absolute atomic E-state index is 0.219. The van der Waals surface area contributed by atoms with Crippen molar-refractivity contribution in [3.63, 3.8) is 0 Å². The smallest absolute Gasteiger partial charge is 0.185 e. The van der Waals surface area contributed by atoms with Crippen LogP contribution in [0.15, 0.2) is 29.2 Å². The van der Waals surface area contributed by atoms with E-state index in [4.69, 9.17) is 0 Å². The zero-order chi connectivity index (χ0) is 13.1. The summed E-state index contributed by atoms with van der Waals surface area (Å²) in [7, 11) is 0. The lowest BCUT2D eigenvalue weighted by molar-refractivity contribution is 0.411. The lowest BCUT2D eigenvalue weighted by Gasteiger charge is -2.29. The molecule has 1 saturated carbocycles. The molecule has 3 rings (SSSR count). The predicted octanol–water partition coefficient (Wildman–Crippen LogP) is 3.64. The van der Waals surface area contributed by atoms with Crippen LogP contribution in [0, 0.1) is 0 Å². The van der Waals surface area contributed by atoms with Gasteiger partial charge in [0.25, 0.3) is 0 Å². The Labute approximate surface area is 123 Å². The van der Waals surface area contributed by atoms with E-state index < -0.39 is 11.4 Å². The SMILES string of the molecule is [O-][S+](NC1CCCCC1)C1CCc2ccccc2S1. The molecule has 0 spiro atoms. The van der Waals surface area contributed by atoms with E-state index in [9.17, 15) is 4.55 Å². The van der Waals surface area contributed by atoms with Crippen LogP contribution in [-0.4, -0.2) is 15.2 Å². The molecule has 2 nitrogen and oxygen atoms in total. The zero-order valence-electron chi connectivity index (χ0n) is 11.1. The number of rotatable bonds is 3. The van der Waals surface area contributed by atoms with Crippen LogP contribution in [0.3, 0.4) is 0 Å². The summed E-state index contributed by atoms with van der Waals surface area (Å²) in [5.74, 6) is 0. The highest BCUT2D eigenvalue weighted by molar-refractivity contribution is 8.12. The maximum Gasteiger partial charge on any atom is 0.185 e. The van der Waals surface area contributed by atoms with E-state index in [1.807, 2.05) is 0 Å². The third-order valence-electron chi connectivity index (χ3n) is 4.01. The van der Waals surface area contributed by atoms with Crippen LogP contribution in [0.2, 0.25) is 0 Å². The highest BCUT2D eigenvalue weighted by Crippen LogP contribution is 2.37. The third-order valence-corrected chi connectivity index (χ3v) is 7.25. The predicted molar refractivity (Wildman–Crippen MR) is 82.6 cm³/mol. The highest BCUT2D eigenvalue weighted by Gasteiger charge is 2.31. The summed E-state index contributed by atoms with van der Waals surface area (Å²) in [6.07, 6.45) is 8.39. The number of aryl methyl sites for hydroxylation is 1. The van der Waals surface area contributed by atoms with Gasteiger partial charge in [-0.2, -0.15) is 0 Å². The van der Waals surface area contributed by atoms with Gasteiger partial charge in [0.2, 0.25) is 0 Å². The molecular formula is C15H21NOS2. The standard InChI is InChI=1S/C15H21NOS2/c17-19(16-13-7-2-1-3-8-13)15-11-10-12-6-4-5-9-14(12)18-15/h4-6,9,13,15-16H,1-3,7-8,10-11H2. The molecule has 1 aromatic rings. The van der Waals surface area contributed by atoms with Gasteiger partial charge in [-0.25, -0.2) is 0 Å². The molecular weight excluding hydrogens is 274 g/mol. The number of thioether (sulfide) groups is 1. The van der Waals surface area contributed by atoms with E-state index in [0.29, 0.717) is 6.04 Å². The van der Waals surface area contributed by atoms with Gasteiger partial charge >= 0.3 is 0 Å². The quantitative estimate of drug-likeness (QED) is 0.865.